The van der Waals surface area contributed by atoms with Crippen molar-refractivity contribution in [3.8, 4) is 0 Å². The molecule has 0 aromatic heterocycles. The highest BCUT2D eigenvalue weighted by Crippen LogP contribution is 2.22. The second kappa shape index (κ2) is 11.3. The number of aliphatic hydroxyl groups excluding tert-OH is 2. The molecule has 154 valence electrons. The fourth-order valence-electron chi connectivity index (χ4n) is 3.15. The first-order chi connectivity index (χ1) is 13.5. The number of hydrogen-bond donors (Lipinski definition) is 4. The summed E-state index contributed by atoms with van der Waals surface area (Å²) in [5, 5.41) is 30.0. The van der Waals surface area contributed by atoms with Crippen LogP contribution in [0.15, 0.2) is 36.4 Å². The second-order valence-electron chi connectivity index (χ2n) is 6.67. The van der Waals surface area contributed by atoms with Gasteiger partial charge in [-0.3, -0.25) is 10.1 Å². The molecule has 1 aliphatic carbocycles. The molecule has 2 rings (SSSR count). The van der Waals surface area contributed by atoms with E-state index in [1.807, 2.05) is 17.1 Å². The van der Waals surface area contributed by atoms with Crippen LogP contribution in [0.3, 0.4) is 0 Å². The molecule has 0 fully saturated rings. The summed E-state index contributed by atoms with van der Waals surface area (Å²) < 4.78 is 5.41. The lowest BCUT2D eigenvalue weighted by atomic mass is 9.93. The third kappa shape index (κ3) is 6.86. The third-order valence-electron chi connectivity index (χ3n) is 4.66. The second-order valence-corrected chi connectivity index (χ2v) is 6.67. The number of carbonyl (C=O) groups excluding carboxylic acids is 1. The van der Waals surface area contributed by atoms with Gasteiger partial charge in [-0.2, -0.15) is 0 Å². The number of allylic oxidation sites excluding steroid dienone is 1. The Bertz CT molecular complexity index is 655. The Balaban J connectivity index is 1.90. The molecule has 0 saturated carbocycles. The molecule has 0 spiro atoms. The van der Waals surface area contributed by atoms with Gasteiger partial charge < -0.3 is 25.0 Å². The number of carbonyl (C=O) groups is 2. The molecule has 8 heteroatoms. The van der Waals surface area contributed by atoms with E-state index in [0.29, 0.717) is 44.5 Å². The molecule has 0 heterocycles. The quantitative estimate of drug-likeness (QED) is 0.501. The maximum atomic E-state index is 12.2. The first-order valence-corrected chi connectivity index (χ1v) is 9.47. The van der Waals surface area contributed by atoms with Crippen molar-refractivity contribution in [3.63, 3.8) is 0 Å². The van der Waals surface area contributed by atoms with Gasteiger partial charge in [0.1, 0.15) is 6.10 Å². The van der Waals surface area contributed by atoms with Crippen LogP contribution in [-0.4, -0.2) is 59.8 Å². The lowest BCUT2D eigenvalue weighted by Gasteiger charge is -2.23. The molecule has 0 aliphatic heterocycles. The van der Waals surface area contributed by atoms with Gasteiger partial charge in [-0.15, -0.1) is 0 Å². The van der Waals surface area contributed by atoms with Crippen LogP contribution in [0.2, 0.25) is 0 Å². The predicted molar refractivity (Wildman–Crippen MR) is 105 cm³/mol. The average molecular weight is 392 g/mol. The number of amides is 1. The van der Waals surface area contributed by atoms with Crippen LogP contribution in [0.1, 0.15) is 25.7 Å². The van der Waals surface area contributed by atoms with Crippen LogP contribution < -0.4 is 10.2 Å². The van der Waals surface area contributed by atoms with E-state index < -0.39 is 24.1 Å². The zero-order valence-electron chi connectivity index (χ0n) is 15.8. The Kier molecular flexibility index (Phi) is 8.77. The van der Waals surface area contributed by atoms with Crippen molar-refractivity contribution >= 4 is 23.4 Å². The highest BCUT2D eigenvalue weighted by atomic mass is 16.6. The minimum Gasteiger partial charge on any atom is -0.481 e. The lowest BCUT2D eigenvalue weighted by molar-refractivity contribution is -0.142. The average Bonchev–Trinajstić information content (AvgIpc) is 2.64. The van der Waals surface area contributed by atoms with Crippen molar-refractivity contribution in [3.05, 3.63) is 36.4 Å². The summed E-state index contributed by atoms with van der Waals surface area (Å²) in [6.07, 6.45) is 4.80. The molecule has 1 aliphatic rings. The molecule has 4 N–H and O–H groups in total. The Labute approximate surface area is 164 Å². The number of carboxylic acids is 1. The minimum absolute atomic E-state index is 0.0238. The number of anilines is 2. The van der Waals surface area contributed by atoms with E-state index in [2.05, 4.69) is 5.32 Å². The zero-order valence-corrected chi connectivity index (χ0v) is 15.8. The Morgan fingerprint density at radius 1 is 1.07 bits per heavy atom. The Morgan fingerprint density at radius 2 is 1.75 bits per heavy atom. The Morgan fingerprint density at radius 3 is 2.36 bits per heavy atom. The molecule has 1 amide bonds. The smallest absolute Gasteiger partial charge is 0.412 e. The van der Waals surface area contributed by atoms with Crippen LogP contribution in [0, 0.1) is 5.92 Å². The van der Waals surface area contributed by atoms with Gasteiger partial charge >= 0.3 is 12.1 Å². The highest BCUT2D eigenvalue weighted by Gasteiger charge is 2.21. The number of rotatable bonds is 8. The standard InChI is InChI=1S/C20H28N2O6/c23-13-11-22(12-14-24)17-8-6-16(7-9-17)21-20(27)28-18-4-2-1-3-15(5-10-18)19(25)26/h2,4,6-9,15,18,23-24H,1,3,5,10-14H2,(H,21,27)(H,25,26)/b4-2+/t15-,18?/m1/s1. The number of nitrogens with zero attached hydrogens (tertiary/aromatic N) is 1. The molecular weight excluding hydrogens is 364 g/mol. The number of benzene rings is 1. The molecule has 1 aromatic rings. The maximum Gasteiger partial charge on any atom is 0.412 e. The molecule has 0 saturated heterocycles. The van der Waals surface area contributed by atoms with E-state index in [0.717, 1.165) is 5.69 Å². The monoisotopic (exact) mass is 392 g/mol. The predicted octanol–water partition coefficient (Wildman–Crippen LogP) is 2.23. The van der Waals surface area contributed by atoms with Gasteiger partial charge in [-0.1, -0.05) is 6.08 Å². The first-order valence-electron chi connectivity index (χ1n) is 9.47. The molecular formula is C20H28N2O6. The summed E-state index contributed by atoms with van der Waals surface area (Å²) in [4.78, 5) is 25.2. The summed E-state index contributed by atoms with van der Waals surface area (Å²) in [5.41, 5.74) is 1.38. The van der Waals surface area contributed by atoms with Crippen LogP contribution in [0.4, 0.5) is 16.2 Å². The van der Waals surface area contributed by atoms with Gasteiger partial charge in [0.2, 0.25) is 0 Å². The van der Waals surface area contributed by atoms with Crippen molar-refractivity contribution in [2.24, 2.45) is 5.92 Å². The Hall–Kier alpha value is -2.58. The van der Waals surface area contributed by atoms with Crippen molar-refractivity contribution in [1.82, 2.24) is 0 Å². The molecule has 1 unspecified atom stereocenters. The molecule has 28 heavy (non-hydrogen) atoms. The SMILES string of the molecule is O=C(Nc1ccc(N(CCO)CCO)cc1)OC1/C=C/CC[C@@H](C(=O)O)CC1. The van der Waals surface area contributed by atoms with Crippen LogP contribution in [0.5, 0.6) is 0 Å². The summed E-state index contributed by atoms with van der Waals surface area (Å²) in [5.74, 6) is -1.22. The van der Waals surface area contributed by atoms with Crippen molar-refractivity contribution in [1.29, 1.82) is 0 Å². The van der Waals surface area contributed by atoms with E-state index in [-0.39, 0.29) is 13.2 Å². The van der Waals surface area contributed by atoms with Crippen LogP contribution in [0.25, 0.3) is 0 Å². The number of ether oxygens (including phenoxy) is 1. The maximum absolute atomic E-state index is 12.2. The van der Waals surface area contributed by atoms with E-state index in [9.17, 15) is 14.7 Å². The number of aliphatic carboxylic acids is 1. The summed E-state index contributed by atoms with van der Waals surface area (Å²) in [6.45, 7) is 0.759. The molecule has 1 aromatic carbocycles. The third-order valence-corrected chi connectivity index (χ3v) is 4.66. The lowest BCUT2D eigenvalue weighted by Crippen LogP contribution is -2.29. The summed E-state index contributed by atoms with van der Waals surface area (Å²) in [7, 11) is 0. The number of aliphatic hydroxyl groups is 2. The fourth-order valence-corrected chi connectivity index (χ4v) is 3.15. The van der Waals surface area contributed by atoms with Gasteiger partial charge in [0.25, 0.3) is 0 Å². The number of carboxylic acid groups (broad SMARTS) is 1. The summed E-state index contributed by atoms with van der Waals surface area (Å²) >= 11 is 0. The molecule has 8 nitrogen and oxygen atoms in total. The van der Waals surface area contributed by atoms with Crippen molar-refractivity contribution < 1.29 is 29.6 Å². The zero-order chi connectivity index (χ0) is 20.4. The van der Waals surface area contributed by atoms with Crippen molar-refractivity contribution in [2.75, 3.05) is 36.5 Å². The molecule has 0 bridgehead atoms. The summed E-state index contributed by atoms with van der Waals surface area (Å²) in [6, 6.07) is 7.00. The first kappa shape index (κ1) is 21.7. The topological polar surface area (TPSA) is 119 Å². The molecule has 2 atom stereocenters. The van der Waals surface area contributed by atoms with E-state index in [4.69, 9.17) is 14.9 Å². The normalized spacial score (nSPS) is 20.5. The number of nitrogens with one attached hydrogen (secondary N) is 1. The van der Waals surface area contributed by atoms with Crippen LogP contribution in [-0.2, 0) is 9.53 Å². The van der Waals surface area contributed by atoms with Gasteiger partial charge in [-0.25, -0.2) is 4.79 Å². The molecule has 0 radical (unpaired) electrons. The van der Waals surface area contributed by atoms with Gasteiger partial charge in [0.05, 0.1) is 19.1 Å². The van der Waals surface area contributed by atoms with Crippen LogP contribution >= 0.6 is 0 Å². The minimum atomic E-state index is -0.810. The highest BCUT2D eigenvalue weighted by molar-refractivity contribution is 5.85. The van der Waals surface area contributed by atoms with E-state index in [1.54, 1.807) is 24.3 Å². The van der Waals surface area contributed by atoms with Gasteiger partial charge in [0.15, 0.2) is 0 Å². The van der Waals surface area contributed by atoms with Gasteiger partial charge in [0, 0.05) is 24.5 Å². The largest absolute Gasteiger partial charge is 0.481 e. The van der Waals surface area contributed by atoms with Crippen molar-refractivity contribution in [2.45, 2.75) is 31.8 Å². The van der Waals surface area contributed by atoms with Gasteiger partial charge in [-0.05, 0) is 56.0 Å². The number of hydrogen-bond acceptors (Lipinski definition) is 6. The fraction of sp³-hybridized carbons (Fsp3) is 0.500. The van der Waals surface area contributed by atoms with E-state index >= 15 is 0 Å². The van der Waals surface area contributed by atoms with E-state index in [1.165, 1.54) is 0 Å².